The Morgan fingerprint density at radius 3 is 2.42 bits per heavy atom. The van der Waals surface area contributed by atoms with Crippen molar-refractivity contribution in [3.63, 3.8) is 0 Å². The Kier molecular flexibility index (Phi) is 3.33. The van der Waals surface area contributed by atoms with Crippen LogP contribution in [0.5, 0.6) is 5.75 Å². The molecule has 0 amide bonds. The van der Waals surface area contributed by atoms with Crippen LogP contribution in [0.4, 0.5) is 0 Å². The normalized spacial score (nSPS) is 22.2. The van der Waals surface area contributed by atoms with Crippen molar-refractivity contribution >= 4 is 5.97 Å². The molecule has 0 saturated heterocycles. The average Bonchev–Trinajstić information content (AvgIpc) is 3.06. The first-order valence-corrected chi connectivity index (χ1v) is 6.67. The molecule has 3 nitrogen and oxygen atoms in total. The molecule has 0 radical (unpaired) electrons. The van der Waals surface area contributed by atoms with Crippen molar-refractivity contribution < 1.29 is 14.6 Å². The Balaban J connectivity index is 2.44. The molecule has 0 spiro atoms. The summed E-state index contributed by atoms with van der Waals surface area (Å²) in [4.78, 5) is 11.0. The van der Waals surface area contributed by atoms with Gasteiger partial charge in [0.15, 0.2) is 0 Å². The summed E-state index contributed by atoms with van der Waals surface area (Å²) in [5.74, 6) is 0.170. The number of hydrogen-bond acceptors (Lipinski definition) is 2. The first-order valence-electron chi connectivity index (χ1n) is 6.67. The van der Waals surface area contributed by atoms with Crippen molar-refractivity contribution in [3.8, 4) is 5.75 Å². The van der Waals surface area contributed by atoms with E-state index >= 15 is 0 Å². The molecule has 1 fully saturated rings. The molecule has 0 aromatic heterocycles. The van der Waals surface area contributed by atoms with Crippen LogP contribution in [0.25, 0.3) is 0 Å². The minimum Gasteiger partial charge on any atom is -0.496 e. The monoisotopic (exact) mass is 262 g/mol. The highest BCUT2D eigenvalue weighted by molar-refractivity contribution is 5.75. The van der Waals surface area contributed by atoms with Crippen LogP contribution in [0.2, 0.25) is 0 Å². The maximum absolute atomic E-state index is 11.0. The number of carboxylic acids is 1. The first-order chi connectivity index (χ1) is 8.75. The van der Waals surface area contributed by atoms with Crippen molar-refractivity contribution in [2.24, 2.45) is 5.92 Å². The molecule has 1 aromatic rings. The molecule has 1 saturated carbocycles. The van der Waals surface area contributed by atoms with Crippen molar-refractivity contribution in [1.82, 2.24) is 0 Å². The summed E-state index contributed by atoms with van der Waals surface area (Å²) in [6, 6.07) is 4.18. The number of rotatable bonds is 3. The van der Waals surface area contributed by atoms with Gasteiger partial charge in [-0.3, -0.25) is 4.79 Å². The van der Waals surface area contributed by atoms with Crippen LogP contribution in [0.3, 0.4) is 0 Å². The van der Waals surface area contributed by atoms with Gasteiger partial charge in [-0.25, -0.2) is 0 Å². The quantitative estimate of drug-likeness (QED) is 0.907. The van der Waals surface area contributed by atoms with Gasteiger partial charge in [0.25, 0.3) is 0 Å². The lowest BCUT2D eigenvalue weighted by atomic mass is 9.83. The SMILES string of the molecule is COc1cc(C)c(C2CC2C(=O)O)cc1C(C)(C)C. The minimum atomic E-state index is -0.683. The molecule has 0 heterocycles. The predicted molar refractivity (Wildman–Crippen MR) is 74.9 cm³/mol. The second-order valence-electron chi connectivity index (χ2n) is 6.45. The molecular formula is C16H22O3. The second kappa shape index (κ2) is 4.55. The van der Waals surface area contributed by atoms with Gasteiger partial charge in [0.1, 0.15) is 5.75 Å². The van der Waals surface area contributed by atoms with E-state index in [9.17, 15) is 4.79 Å². The van der Waals surface area contributed by atoms with Crippen LogP contribution in [-0.2, 0) is 10.2 Å². The molecule has 0 aliphatic heterocycles. The van der Waals surface area contributed by atoms with Gasteiger partial charge in [-0.2, -0.15) is 0 Å². The Labute approximate surface area is 114 Å². The molecular weight excluding hydrogens is 240 g/mol. The molecule has 104 valence electrons. The first kappa shape index (κ1) is 13.9. The summed E-state index contributed by atoms with van der Waals surface area (Å²) >= 11 is 0. The fourth-order valence-corrected chi connectivity index (χ4v) is 2.66. The summed E-state index contributed by atoms with van der Waals surface area (Å²) < 4.78 is 5.47. The van der Waals surface area contributed by atoms with E-state index in [1.165, 1.54) is 0 Å². The molecule has 2 unspecified atom stereocenters. The van der Waals surface area contributed by atoms with Crippen molar-refractivity contribution in [2.75, 3.05) is 7.11 Å². The zero-order valence-corrected chi connectivity index (χ0v) is 12.3. The van der Waals surface area contributed by atoms with E-state index in [2.05, 4.69) is 26.8 Å². The number of aryl methyl sites for hydroxylation is 1. The van der Waals surface area contributed by atoms with Gasteiger partial charge in [-0.05, 0) is 47.4 Å². The van der Waals surface area contributed by atoms with Gasteiger partial charge in [0.05, 0.1) is 13.0 Å². The number of methoxy groups -OCH3 is 1. The number of ether oxygens (including phenoxy) is 1. The topological polar surface area (TPSA) is 46.5 Å². The zero-order chi connectivity index (χ0) is 14.4. The molecule has 0 bridgehead atoms. The highest BCUT2D eigenvalue weighted by Crippen LogP contribution is 2.50. The number of hydrogen-bond donors (Lipinski definition) is 1. The lowest BCUT2D eigenvalue weighted by Gasteiger charge is -2.24. The van der Waals surface area contributed by atoms with Crippen LogP contribution in [0, 0.1) is 12.8 Å². The van der Waals surface area contributed by atoms with Crippen molar-refractivity contribution in [1.29, 1.82) is 0 Å². The molecule has 1 aromatic carbocycles. The van der Waals surface area contributed by atoms with Crippen LogP contribution >= 0.6 is 0 Å². The number of aliphatic carboxylic acids is 1. The molecule has 2 rings (SSSR count). The number of carboxylic acid groups (broad SMARTS) is 1. The summed E-state index contributed by atoms with van der Waals surface area (Å²) in [6.45, 7) is 8.46. The van der Waals surface area contributed by atoms with Crippen molar-refractivity contribution in [3.05, 3.63) is 28.8 Å². The fourth-order valence-electron chi connectivity index (χ4n) is 2.66. The van der Waals surface area contributed by atoms with E-state index < -0.39 is 5.97 Å². The van der Waals surface area contributed by atoms with Crippen molar-refractivity contribution in [2.45, 2.75) is 45.4 Å². The van der Waals surface area contributed by atoms with Gasteiger partial charge in [-0.15, -0.1) is 0 Å². The third-order valence-electron chi connectivity index (χ3n) is 3.90. The standard InChI is InChI=1S/C16H22O3/c1-9-6-14(19-5)13(16(2,3)4)8-10(9)11-7-12(11)15(17)18/h6,8,11-12H,7H2,1-5H3,(H,17,18). The summed E-state index contributed by atoms with van der Waals surface area (Å²) in [6.07, 6.45) is 0.756. The highest BCUT2D eigenvalue weighted by atomic mass is 16.5. The smallest absolute Gasteiger partial charge is 0.307 e. The van der Waals surface area contributed by atoms with Crippen LogP contribution < -0.4 is 4.74 Å². The maximum atomic E-state index is 11.0. The van der Waals surface area contributed by atoms with Gasteiger partial charge >= 0.3 is 5.97 Å². The highest BCUT2D eigenvalue weighted by Gasteiger charge is 2.45. The Morgan fingerprint density at radius 1 is 1.37 bits per heavy atom. The molecule has 19 heavy (non-hydrogen) atoms. The molecule has 1 aliphatic carbocycles. The van der Waals surface area contributed by atoms with Gasteiger partial charge < -0.3 is 9.84 Å². The average molecular weight is 262 g/mol. The van der Waals surface area contributed by atoms with E-state index in [1.54, 1.807) is 7.11 Å². The van der Waals surface area contributed by atoms with Crippen LogP contribution in [-0.4, -0.2) is 18.2 Å². The molecule has 3 heteroatoms. The van der Waals surface area contributed by atoms with E-state index in [1.807, 2.05) is 13.0 Å². The molecule has 1 aliphatic rings. The number of benzene rings is 1. The minimum absolute atomic E-state index is 0.0125. The van der Waals surface area contributed by atoms with Gasteiger partial charge in [0, 0.05) is 0 Å². The van der Waals surface area contributed by atoms with Crippen LogP contribution in [0.15, 0.2) is 12.1 Å². The zero-order valence-electron chi connectivity index (χ0n) is 12.3. The lowest BCUT2D eigenvalue weighted by Crippen LogP contribution is -2.14. The summed E-state index contributed by atoms with van der Waals surface area (Å²) in [5.41, 5.74) is 3.42. The van der Waals surface area contributed by atoms with E-state index in [0.717, 1.165) is 28.9 Å². The van der Waals surface area contributed by atoms with E-state index in [0.29, 0.717) is 0 Å². The Hall–Kier alpha value is -1.51. The van der Waals surface area contributed by atoms with E-state index in [4.69, 9.17) is 9.84 Å². The lowest BCUT2D eigenvalue weighted by molar-refractivity contribution is -0.138. The fraction of sp³-hybridized carbons (Fsp3) is 0.562. The van der Waals surface area contributed by atoms with Gasteiger partial charge in [-0.1, -0.05) is 26.8 Å². The molecule has 1 N–H and O–H groups in total. The maximum Gasteiger partial charge on any atom is 0.307 e. The van der Waals surface area contributed by atoms with Crippen LogP contribution in [0.1, 0.15) is 49.8 Å². The Bertz CT molecular complexity index is 511. The third-order valence-corrected chi connectivity index (χ3v) is 3.90. The Morgan fingerprint density at radius 2 is 2.00 bits per heavy atom. The second-order valence-corrected chi connectivity index (χ2v) is 6.45. The largest absolute Gasteiger partial charge is 0.496 e. The predicted octanol–water partition coefficient (Wildman–Crippen LogP) is 3.49. The third kappa shape index (κ3) is 2.60. The summed E-state index contributed by atoms with van der Waals surface area (Å²) in [7, 11) is 1.68. The summed E-state index contributed by atoms with van der Waals surface area (Å²) in [5, 5.41) is 9.08. The number of carbonyl (C=O) groups is 1. The van der Waals surface area contributed by atoms with Gasteiger partial charge in [0.2, 0.25) is 0 Å². The molecule has 2 atom stereocenters. The van der Waals surface area contributed by atoms with E-state index in [-0.39, 0.29) is 17.3 Å².